The fraction of sp³-hybridized carbons (Fsp3) is 0.500. The molecule has 0 bridgehead atoms. The number of rotatable bonds is 2. The third-order valence-electron chi connectivity index (χ3n) is 3.08. The molecule has 0 spiro atoms. The third-order valence-corrected chi connectivity index (χ3v) is 4.26. The maximum Gasteiger partial charge on any atom is 0.226 e. The van der Waals surface area contributed by atoms with Crippen LogP contribution in [0, 0.1) is 0 Å². The molecule has 0 aromatic heterocycles. The van der Waals surface area contributed by atoms with Crippen LogP contribution in [0.5, 0.6) is 0 Å². The zero-order valence-electron chi connectivity index (χ0n) is 9.66. The van der Waals surface area contributed by atoms with Crippen molar-refractivity contribution in [2.75, 3.05) is 13.1 Å². The van der Waals surface area contributed by atoms with Gasteiger partial charge in [0.15, 0.2) is 0 Å². The molecule has 1 amide bonds. The molecular formula is C12H13Br2NO3. The number of Topliss-reactive ketones (excluding diaryl/α,β-unsaturated/α-hetero) is 1. The molecule has 1 saturated heterocycles. The molecule has 18 heavy (non-hydrogen) atoms. The van der Waals surface area contributed by atoms with E-state index in [-0.39, 0.29) is 27.1 Å². The lowest BCUT2D eigenvalue weighted by atomic mass is 9.93. The number of likely N-dealkylation sites (tertiary alicyclic amines) is 1. The van der Waals surface area contributed by atoms with Gasteiger partial charge in [0, 0.05) is 13.1 Å². The first-order chi connectivity index (χ1) is 8.41. The highest BCUT2D eigenvalue weighted by molar-refractivity contribution is 9.13. The average molecular weight is 379 g/mol. The van der Waals surface area contributed by atoms with Crippen LogP contribution in [-0.2, 0) is 9.59 Å². The number of amides is 1. The largest absolute Gasteiger partial charge is 0.381 e. The second-order valence-corrected chi connectivity index (χ2v) is 6.28. The first kappa shape index (κ1) is 14.0. The molecule has 1 aliphatic heterocycles. The first-order valence-corrected chi connectivity index (χ1v) is 7.31. The summed E-state index contributed by atoms with van der Waals surface area (Å²) in [6.07, 6.45) is 4.76. The quantitative estimate of drug-likeness (QED) is 0.797. The van der Waals surface area contributed by atoms with Crippen molar-refractivity contribution < 1.29 is 14.7 Å². The number of halogens is 2. The van der Waals surface area contributed by atoms with Gasteiger partial charge in [-0.05, 0) is 56.9 Å². The van der Waals surface area contributed by atoms with Gasteiger partial charge in [-0.25, -0.2) is 0 Å². The maximum atomic E-state index is 12.0. The normalized spacial score (nSPS) is 22.8. The van der Waals surface area contributed by atoms with Crippen molar-refractivity contribution in [3.8, 4) is 0 Å². The summed E-state index contributed by atoms with van der Waals surface area (Å²) in [5, 5.41) is 10.3. The van der Waals surface area contributed by atoms with Crippen LogP contribution < -0.4 is 0 Å². The third kappa shape index (κ3) is 2.92. The molecule has 1 N–H and O–H groups in total. The molecule has 1 aliphatic carbocycles. The van der Waals surface area contributed by atoms with Crippen molar-refractivity contribution in [1.82, 2.24) is 4.90 Å². The van der Waals surface area contributed by atoms with Gasteiger partial charge in [-0.1, -0.05) is 0 Å². The Kier molecular flexibility index (Phi) is 4.08. The fourth-order valence-corrected chi connectivity index (χ4v) is 3.63. The predicted octanol–water partition coefficient (Wildman–Crippen LogP) is 1.87. The number of hydrogen-bond acceptors (Lipinski definition) is 3. The van der Waals surface area contributed by atoms with Crippen molar-refractivity contribution in [3.63, 3.8) is 0 Å². The zero-order valence-corrected chi connectivity index (χ0v) is 12.8. The average Bonchev–Trinajstić information content (AvgIpc) is 2.78. The van der Waals surface area contributed by atoms with E-state index < -0.39 is 5.60 Å². The van der Waals surface area contributed by atoms with Crippen molar-refractivity contribution in [2.24, 2.45) is 0 Å². The Bertz CT molecular complexity index is 428. The van der Waals surface area contributed by atoms with Gasteiger partial charge in [-0.3, -0.25) is 9.59 Å². The summed E-state index contributed by atoms with van der Waals surface area (Å²) in [6.45, 7) is 1.51. The number of carbonyl (C=O) groups is 2. The molecule has 1 fully saturated rings. The monoisotopic (exact) mass is 377 g/mol. The van der Waals surface area contributed by atoms with Gasteiger partial charge in [-0.2, -0.15) is 0 Å². The van der Waals surface area contributed by atoms with Crippen LogP contribution >= 0.6 is 31.9 Å². The molecule has 98 valence electrons. The summed E-state index contributed by atoms with van der Waals surface area (Å²) in [7, 11) is 0. The topological polar surface area (TPSA) is 57.6 Å². The molecule has 2 aliphatic rings. The van der Waals surface area contributed by atoms with E-state index in [2.05, 4.69) is 31.9 Å². The van der Waals surface area contributed by atoms with Gasteiger partial charge >= 0.3 is 0 Å². The Labute approximate surface area is 122 Å². The van der Waals surface area contributed by atoms with E-state index in [4.69, 9.17) is 0 Å². The molecule has 0 aromatic rings. The van der Waals surface area contributed by atoms with E-state index in [9.17, 15) is 14.7 Å². The standard InChI is InChI=1S/C12H13Br2NO3/c13-8-5-12(18,6-9(14)11(8)17)7-10(16)15-3-1-2-4-15/h5-6,18H,1-4,7H2. The Morgan fingerprint density at radius 1 is 1.28 bits per heavy atom. The van der Waals surface area contributed by atoms with Crippen LogP contribution in [0.15, 0.2) is 21.1 Å². The van der Waals surface area contributed by atoms with Gasteiger partial charge in [0.2, 0.25) is 11.7 Å². The lowest BCUT2D eigenvalue weighted by Crippen LogP contribution is -2.37. The van der Waals surface area contributed by atoms with Crippen molar-refractivity contribution in [2.45, 2.75) is 24.9 Å². The van der Waals surface area contributed by atoms with Gasteiger partial charge in [0.25, 0.3) is 0 Å². The molecule has 1 heterocycles. The van der Waals surface area contributed by atoms with Crippen LogP contribution in [-0.4, -0.2) is 40.4 Å². The summed E-state index contributed by atoms with van der Waals surface area (Å²) in [5.74, 6) is -0.314. The molecule has 2 rings (SSSR count). The number of aliphatic hydroxyl groups is 1. The highest BCUT2D eigenvalue weighted by Crippen LogP contribution is 2.31. The van der Waals surface area contributed by atoms with Gasteiger partial charge in [0.1, 0.15) is 5.60 Å². The van der Waals surface area contributed by atoms with Crippen molar-refractivity contribution >= 4 is 43.6 Å². The minimum absolute atomic E-state index is 0.0372. The SMILES string of the molecule is O=C1C(Br)=CC(O)(CC(=O)N2CCCC2)C=C1Br. The second kappa shape index (κ2) is 5.27. The van der Waals surface area contributed by atoms with E-state index in [0.29, 0.717) is 0 Å². The van der Waals surface area contributed by atoms with Gasteiger partial charge in [-0.15, -0.1) is 0 Å². The highest BCUT2D eigenvalue weighted by Gasteiger charge is 2.34. The van der Waals surface area contributed by atoms with E-state index >= 15 is 0 Å². The number of hydrogen-bond donors (Lipinski definition) is 1. The highest BCUT2D eigenvalue weighted by atomic mass is 79.9. The van der Waals surface area contributed by atoms with Crippen LogP contribution in [0.25, 0.3) is 0 Å². The number of allylic oxidation sites excluding steroid dienone is 2. The molecule has 0 unspecified atom stereocenters. The number of carbonyl (C=O) groups excluding carboxylic acids is 2. The Morgan fingerprint density at radius 3 is 2.28 bits per heavy atom. The van der Waals surface area contributed by atoms with Crippen molar-refractivity contribution in [3.05, 3.63) is 21.1 Å². The predicted molar refractivity (Wildman–Crippen MR) is 74.4 cm³/mol. The minimum atomic E-state index is -1.40. The summed E-state index contributed by atoms with van der Waals surface area (Å²) < 4.78 is 0.544. The number of ketones is 1. The summed E-state index contributed by atoms with van der Waals surface area (Å²) in [4.78, 5) is 25.3. The Balaban J connectivity index is 2.12. The molecular weight excluding hydrogens is 366 g/mol. The second-order valence-electron chi connectivity index (χ2n) is 4.57. The smallest absolute Gasteiger partial charge is 0.226 e. The van der Waals surface area contributed by atoms with E-state index in [0.717, 1.165) is 25.9 Å². The van der Waals surface area contributed by atoms with Gasteiger partial charge < -0.3 is 10.0 Å². The van der Waals surface area contributed by atoms with Crippen LogP contribution in [0.4, 0.5) is 0 Å². The summed E-state index contributed by atoms with van der Waals surface area (Å²) >= 11 is 6.20. The maximum absolute atomic E-state index is 12.0. The lowest BCUT2D eigenvalue weighted by Gasteiger charge is -2.26. The Hall–Kier alpha value is -0.460. The number of nitrogens with zero attached hydrogens (tertiary/aromatic N) is 1. The fourth-order valence-electron chi connectivity index (χ4n) is 2.15. The summed E-state index contributed by atoms with van der Waals surface area (Å²) in [5.41, 5.74) is -1.40. The first-order valence-electron chi connectivity index (χ1n) is 5.73. The molecule has 0 aromatic carbocycles. The van der Waals surface area contributed by atoms with Gasteiger partial charge in [0.05, 0.1) is 15.4 Å². The van der Waals surface area contributed by atoms with Crippen molar-refractivity contribution in [1.29, 1.82) is 0 Å². The van der Waals surface area contributed by atoms with E-state index in [1.54, 1.807) is 4.90 Å². The van der Waals surface area contributed by atoms with E-state index in [1.165, 1.54) is 12.2 Å². The van der Waals surface area contributed by atoms with Crippen LogP contribution in [0.1, 0.15) is 19.3 Å². The molecule has 6 heteroatoms. The van der Waals surface area contributed by atoms with Crippen LogP contribution in [0.3, 0.4) is 0 Å². The Morgan fingerprint density at radius 2 is 1.78 bits per heavy atom. The van der Waals surface area contributed by atoms with E-state index in [1.807, 2.05) is 0 Å². The summed E-state index contributed by atoms with van der Waals surface area (Å²) in [6, 6.07) is 0. The van der Waals surface area contributed by atoms with Crippen LogP contribution in [0.2, 0.25) is 0 Å². The molecule has 4 nitrogen and oxygen atoms in total. The molecule has 0 radical (unpaired) electrons. The molecule has 0 saturated carbocycles. The minimum Gasteiger partial charge on any atom is -0.381 e. The molecule has 0 atom stereocenters. The zero-order chi connectivity index (χ0) is 13.3. The lowest BCUT2D eigenvalue weighted by molar-refractivity contribution is -0.133.